The first-order chi connectivity index (χ1) is 8.58. The minimum atomic E-state index is -1.20. The van der Waals surface area contributed by atoms with Gasteiger partial charge in [-0.1, -0.05) is 30.3 Å². The molecule has 0 aliphatic carbocycles. The van der Waals surface area contributed by atoms with E-state index in [0.29, 0.717) is 5.56 Å². The Balaban J connectivity index is 2.61. The fourth-order valence-corrected chi connectivity index (χ4v) is 1.56. The van der Waals surface area contributed by atoms with Crippen LogP contribution in [0.5, 0.6) is 0 Å². The molecule has 1 amide bonds. The number of carboxylic acids is 1. The van der Waals surface area contributed by atoms with Gasteiger partial charge in [0.15, 0.2) is 0 Å². The van der Waals surface area contributed by atoms with E-state index in [1.807, 2.05) is 30.3 Å². The predicted octanol–water partition coefficient (Wildman–Crippen LogP) is 1.55. The lowest BCUT2D eigenvalue weighted by Crippen LogP contribution is -2.15. The average molecular weight is 242 g/mol. The lowest BCUT2D eigenvalue weighted by molar-refractivity contribution is 0.0690. The van der Waals surface area contributed by atoms with Gasteiger partial charge in [-0.05, 0) is 23.3 Å². The van der Waals surface area contributed by atoms with E-state index in [0.717, 1.165) is 5.56 Å². The number of carbonyl (C=O) groups excluding carboxylic acids is 1. The Hall–Kier alpha value is -2.69. The molecule has 2 rings (SSSR count). The highest BCUT2D eigenvalue weighted by atomic mass is 16.4. The second-order valence-corrected chi connectivity index (χ2v) is 3.66. The zero-order chi connectivity index (χ0) is 13.1. The zero-order valence-electron chi connectivity index (χ0n) is 9.33. The Morgan fingerprint density at radius 3 is 2.17 bits per heavy atom. The lowest BCUT2D eigenvalue weighted by Gasteiger charge is -2.05. The maximum Gasteiger partial charge on any atom is 0.354 e. The number of rotatable bonds is 3. The van der Waals surface area contributed by atoms with E-state index < -0.39 is 11.9 Å². The van der Waals surface area contributed by atoms with Crippen molar-refractivity contribution in [1.29, 1.82) is 0 Å². The van der Waals surface area contributed by atoms with E-state index in [9.17, 15) is 9.59 Å². The molecule has 0 saturated carbocycles. The number of nitrogens with zero attached hydrogens (tertiary/aromatic N) is 1. The van der Waals surface area contributed by atoms with Gasteiger partial charge in [0.1, 0.15) is 11.4 Å². The standard InChI is InChI=1S/C13H10N2O3/c14-12(16)10-6-9(7-11(15-10)13(17)18)8-4-2-1-3-5-8/h1-7H,(H2,14,16)(H,17,18). The Labute approximate surface area is 103 Å². The highest BCUT2D eigenvalue weighted by molar-refractivity contribution is 5.95. The number of pyridine rings is 1. The summed E-state index contributed by atoms with van der Waals surface area (Å²) in [5, 5.41) is 8.95. The first-order valence-electron chi connectivity index (χ1n) is 5.18. The molecule has 18 heavy (non-hydrogen) atoms. The summed E-state index contributed by atoms with van der Waals surface area (Å²) in [6.07, 6.45) is 0. The van der Waals surface area contributed by atoms with Crippen molar-refractivity contribution >= 4 is 11.9 Å². The van der Waals surface area contributed by atoms with Crippen LogP contribution in [0.15, 0.2) is 42.5 Å². The van der Waals surface area contributed by atoms with Crippen LogP contribution in [-0.4, -0.2) is 22.0 Å². The highest BCUT2D eigenvalue weighted by Gasteiger charge is 2.12. The van der Waals surface area contributed by atoms with Crippen LogP contribution in [0.2, 0.25) is 0 Å². The summed E-state index contributed by atoms with van der Waals surface area (Å²) < 4.78 is 0. The Morgan fingerprint density at radius 1 is 1.00 bits per heavy atom. The van der Waals surface area contributed by atoms with Crippen LogP contribution in [0.4, 0.5) is 0 Å². The third-order valence-electron chi connectivity index (χ3n) is 2.40. The normalized spacial score (nSPS) is 10.0. The minimum absolute atomic E-state index is 0.0613. The monoisotopic (exact) mass is 242 g/mol. The van der Waals surface area contributed by atoms with Crippen molar-refractivity contribution < 1.29 is 14.7 Å². The van der Waals surface area contributed by atoms with Gasteiger partial charge in [0.05, 0.1) is 0 Å². The highest BCUT2D eigenvalue weighted by Crippen LogP contribution is 2.20. The van der Waals surface area contributed by atoms with Crippen LogP contribution in [0, 0.1) is 0 Å². The number of hydrogen-bond acceptors (Lipinski definition) is 3. The third kappa shape index (κ3) is 2.35. The number of aromatic nitrogens is 1. The van der Waals surface area contributed by atoms with Gasteiger partial charge < -0.3 is 10.8 Å². The van der Waals surface area contributed by atoms with Crippen molar-refractivity contribution in [2.45, 2.75) is 0 Å². The summed E-state index contributed by atoms with van der Waals surface area (Å²) >= 11 is 0. The smallest absolute Gasteiger partial charge is 0.354 e. The molecule has 5 heteroatoms. The molecule has 1 aromatic heterocycles. The van der Waals surface area contributed by atoms with Crippen LogP contribution < -0.4 is 5.73 Å². The van der Waals surface area contributed by atoms with Gasteiger partial charge in [0, 0.05) is 0 Å². The van der Waals surface area contributed by atoms with Gasteiger partial charge in [0.2, 0.25) is 0 Å². The molecule has 90 valence electrons. The van der Waals surface area contributed by atoms with Gasteiger partial charge >= 0.3 is 5.97 Å². The molecular weight excluding hydrogens is 232 g/mol. The molecule has 2 aromatic rings. The number of nitrogens with two attached hydrogens (primary N) is 1. The molecule has 3 N–H and O–H groups in total. The van der Waals surface area contributed by atoms with E-state index in [4.69, 9.17) is 10.8 Å². The maximum atomic E-state index is 11.1. The van der Waals surface area contributed by atoms with Crippen molar-refractivity contribution in [3.05, 3.63) is 53.9 Å². The molecule has 0 bridgehead atoms. The molecule has 5 nitrogen and oxygen atoms in total. The molecule has 0 atom stereocenters. The van der Waals surface area contributed by atoms with Crippen LogP contribution in [0.25, 0.3) is 11.1 Å². The number of aromatic carboxylic acids is 1. The van der Waals surface area contributed by atoms with Crippen molar-refractivity contribution in [3.8, 4) is 11.1 Å². The molecule has 0 saturated heterocycles. The molecule has 1 aromatic carbocycles. The molecular formula is C13H10N2O3. The fourth-order valence-electron chi connectivity index (χ4n) is 1.56. The molecule has 0 fully saturated rings. The predicted molar refractivity (Wildman–Crippen MR) is 65.2 cm³/mol. The summed E-state index contributed by atoms with van der Waals surface area (Å²) in [6, 6.07) is 12.0. The number of amides is 1. The molecule has 0 aliphatic heterocycles. The van der Waals surface area contributed by atoms with Gasteiger partial charge in [-0.2, -0.15) is 0 Å². The van der Waals surface area contributed by atoms with Gasteiger partial charge in [0.25, 0.3) is 5.91 Å². The van der Waals surface area contributed by atoms with Gasteiger partial charge in [-0.15, -0.1) is 0 Å². The fraction of sp³-hybridized carbons (Fsp3) is 0. The minimum Gasteiger partial charge on any atom is -0.477 e. The summed E-state index contributed by atoms with van der Waals surface area (Å²) in [5.74, 6) is -1.95. The Morgan fingerprint density at radius 2 is 1.61 bits per heavy atom. The quantitative estimate of drug-likeness (QED) is 0.853. The van der Waals surface area contributed by atoms with E-state index in [1.165, 1.54) is 12.1 Å². The molecule has 0 spiro atoms. The van der Waals surface area contributed by atoms with E-state index in [1.54, 1.807) is 0 Å². The third-order valence-corrected chi connectivity index (χ3v) is 2.40. The number of benzene rings is 1. The number of primary amides is 1. The van der Waals surface area contributed by atoms with Crippen LogP contribution >= 0.6 is 0 Å². The van der Waals surface area contributed by atoms with Crippen LogP contribution in [-0.2, 0) is 0 Å². The molecule has 1 heterocycles. The van der Waals surface area contributed by atoms with Gasteiger partial charge in [-0.25, -0.2) is 9.78 Å². The van der Waals surface area contributed by atoms with E-state index in [2.05, 4.69) is 4.98 Å². The second-order valence-electron chi connectivity index (χ2n) is 3.66. The summed E-state index contributed by atoms with van der Waals surface area (Å²) in [4.78, 5) is 25.8. The van der Waals surface area contributed by atoms with Crippen molar-refractivity contribution in [3.63, 3.8) is 0 Å². The molecule has 0 unspecified atom stereocenters. The largest absolute Gasteiger partial charge is 0.477 e. The number of hydrogen-bond donors (Lipinski definition) is 2. The van der Waals surface area contributed by atoms with Crippen molar-refractivity contribution in [2.75, 3.05) is 0 Å². The van der Waals surface area contributed by atoms with Crippen LogP contribution in [0.3, 0.4) is 0 Å². The topological polar surface area (TPSA) is 93.3 Å². The van der Waals surface area contributed by atoms with Crippen LogP contribution in [0.1, 0.15) is 21.0 Å². The summed E-state index contributed by atoms with van der Waals surface area (Å²) in [6.45, 7) is 0. The lowest BCUT2D eigenvalue weighted by atomic mass is 10.0. The maximum absolute atomic E-state index is 11.1. The van der Waals surface area contributed by atoms with Gasteiger partial charge in [-0.3, -0.25) is 4.79 Å². The molecule has 0 radical (unpaired) electrons. The first-order valence-corrected chi connectivity index (χ1v) is 5.18. The second kappa shape index (κ2) is 4.67. The van der Waals surface area contributed by atoms with Crippen molar-refractivity contribution in [1.82, 2.24) is 4.98 Å². The van der Waals surface area contributed by atoms with E-state index >= 15 is 0 Å². The Bertz CT molecular complexity index is 577. The Kier molecular flexibility index (Phi) is 3.05. The van der Waals surface area contributed by atoms with Crippen molar-refractivity contribution in [2.24, 2.45) is 5.73 Å². The number of carbonyl (C=O) groups is 2. The summed E-state index contributed by atoms with van der Waals surface area (Å²) in [5.41, 5.74) is 6.26. The SMILES string of the molecule is NC(=O)c1cc(-c2ccccc2)cc(C(=O)O)n1. The van der Waals surface area contributed by atoms with E-state index in [-0.39, 0.29) is 11.4 Å². The summed E-state index contributed by atoms with van der Waals surface area (Å²) in [7, 11) is 0. The number of carboxylic acid groups (broad SMARTS) is 1. The first kappa shape index (κ1) is 11.8. The molecule has 0 aliphatic rings. The average Bonchev–Trinajstić information content (AvgIpc) is 2.39. The zero-order valence-corrected chi connectivity index (χ0v) is 9.33.